The first-order valence-electron chi connectivity index (χ1n) is 10.4. The number of carbonyl (C=O) groups excluding carboxylic acids is 1. The van der Waals surface area contributed by atoms with Gasteiger partial charge in [-0.2, -0.15) is 0 Å². The third-order valence-corrected chi connectivity index (χ3v) is 5.49. The molecule has 31 heavy (non-hydrogen) atoms. The van der Waals surface area contributed by atoms with Crippen LogP contribution in [0.2, 0.25) is 0 Å². The monoisotopic (exact) mass is 420 g/mol. The van der Waals surface area contributed by atoms with Crippen molar-refractivity contribution in [3.63, 3.8) is 0 Å². The van der Waals surface area contributed by atoms with Crippen molar-refractivity contribution in [3.8, 4) is 16.9 Å². The van der Waals surface area contributed by atoms with Crippen molar-refractivity contribution in [2.75, 3.05) is 25.1 Å². The van der Waals surface area contributed by atoms with Gasteiger partial charge in [0, 0.05) is 37.6 Å². The zero-order valence-corrected chi connectivity index (χ0v) is 17.4. The lowest BCUT2D eigenvalue weighted by atomic mass is 9.97. The van der Waals surface area contributed by atoms with Crippen LogP contribution in [0, 0.1) is 11.7 Å². The Balaban J connectivity index is 1.36. The summed E-state index contributed by atoms with van der Waals surface area (Å²) in [6.07, 6.45) is 5.22. The van der Waals surface area contributed by atoms with Crippen LogP contribution < -0.4 is 15.0 Å². The van der Waals surface area contributed by atoms with E-state index in [4.69, 9.17) is 4.74 Å². The number of hydrogen-bond acceptors (Lipinski definition) is 5. The van der Waals surface area contributed by atoms with Crippen LogP contribution in [0.4, 0.5) is 10.3 Å². The standard InChI is InChI=1S/C24H25FN4O2/c1-31-22-6-2-4-17(12-22)13-26-23(30)19-5-3-11-29(16-19)24-27-14-20(15-28-24)18-7-9-21(25)10-8-18/h2,4,6-10,12,14-15,19H,3,5,11,13,16H2,1H3,(H,26,30)/t19-/m0/s1. The van der Waals surface area contributed by atoms with Crippen LogP contribution in [-0.2, 0) is 11.3 Å². The van der Waals surface area contributed by atoms with Gasteiger partial charge < -0.3 is 15.0 Å². The number of ether oxygens (including phenoxy) is 1. The Hall–Kier alpha value is -3.48. The van der Waals surface area contributed by atoms with Crippen molar-refractivity contribution in [1.29, 1.82) is 0 Å². The van der Waals surface area contributed by atoms with Crippen molar-refractivity contribution in [3.05, 3.63) is 72.3 Å². The second-order valence-electron chi connectivity index (χ2n) is 7.63. The molecular weight excluding hydrogens is 395 g/mol. The second kappa shape index (κ2) is 9.55. The molecule has 1 atom stereocenters. The molecule has 4 rings (SSSR count). The number of piperidine rings is 1. The Bertz CT molecular complexity index is 1020. The number of rotatable bonds is 6. The number of nitrogens with zero attached hydrogens (tertiary/aromatic N) is 3. The Kier molecular flexibility index (Phi) is 6.40. The number of aromatic nitrogens is 2. The summed E-state index contributed by atoms with van der Waals surface area (Å²) in [5.41, 5.74) is 2.69. The molecule has 1 aliphatic heterocycles. The van der Waals surface area contributed by atoms with Gasteiger partial charge in [0.15, 0.2) is 0 Å². The zero-order chi connectivity index (χ0) is 21.6. The average molecular weight is 420 g/mol. The number of benzene rings is 2. The van der Waals surface area contributed by atoms with Gasteiger partial charge in [-0.25, -0.2) is 14.4 Å². The van der Waals surface area contributed by atoms with E-state index in [1.165, 1.54) is 12.1 Å². The molecule has 1 fully saturated rings. The van der Waals surface area contributed by atoms with E-state index in [9.17, 15) is 9.18 Å². The Morgan fingerprint density at radius 2 is 1.94 bits per heavy atom. The minimum absolute atomic E-state index is 0.0375. The van der Waals surface area contributed by atoms with Gasteiger partial charge in [-0.1, -0.05) is 24.3 Å². The quantitative estimate of drug-likeness (QED) is 0.657. The lowest BCUT2D eigenvalue weighted by molar-refractivity contribution is -0.125. The van der Waals surface area contributed by atoms with E-state index in [1.54, 1.807) is 31.6 Å². The number of carbonyl (C=O) groups is 1. The van der Waals surface area contributed by atoms with Crippen LogP contribution >= 0.6 is 0 Å². The van der Waals surface area contributed by atoms with Crippen molar-refractivity contribution in [2.45, 2.75) is 19.4 Å². The molecule has 0 saturated carbocycles. The Morgan fingerprint density at radius 1 is 1.16 bits per heavy atom. The van der Waals surface area contributed by atoms with Gasteiger partial charge in [0.25, 0.3) is 0 Å². The highest BCUT2D eigenvalue weighted by atomic mass is 19.1. The Morgan fingerprint density at radius 3 is 2.68 bits per heavy atom. The van der Waals surface area contributed by atoms with E-state index in [-0.39, 0.29) is 17.6 Å². The predicted octanol–water partition coefficient (Wildman–Crippen LogP) is 3.82. The number of anilines is 1. The van der Waals surface area contributed by atoms with Gasteiger partial charge in [0.05, 0.1) is 13.0 Å². The van der Waals surface area contributed by atoms with Gasteiger partial charge in [-0.05, 0) is 48.2 Å². The molecule has 2 heterocycles. The first kappa shape index (κ1) is 20.8. The molecule has 0 radical (unpaired) electrons. The molecule has 7 heteroatoms. The molecule has 1 aromatic heterocycles. The molecule has 160 valence electrons. The van der Waals surface area contributed by atoms with Crippen molar-refractivity contribution < 1.29 is 13.9 Å². The molecule has 0 bridgehead atoms. The second-order valence-corrected chi connectivity index (χ2v) is 7.63. The molecular formula is C24H25FN4O2. The maximum absolute atomic E-state index is 13.1. The molecule has 3 aromatic rings. The summed E-state index contributed by atoms with van der Waals surface area (Å²) in [5, 5.41) is 3.03. The van der Waals surface area contributed by atoms with Crippen molar-refractivity contribution in [1.82, 2.24) is 15.3 Å². The smallest absolute Gasteiger partial charge is 0.225 e. The van der Waals surface area contributed by atoms with Crippen LogP contribution in [0.1, 0.15) is 18.4 Å². The molecule has 0 aliphatic carbocycles. The van der Waals surface area contributed by atoms with Gasteiger partial charge in [0.2, 0.25) is 11.9 Å². The summed E-state index contributed by atoms with van der Waals surface area (Å²) in [5.74, 6) is 1.04. The lowest BCUT2D eigenvalue weighted by Gasteiger charge is -2.32. The minimum atomic E-state index is -0.273. The Labute approximate surface area is 181 Å². The number of hydrogen-bond donors (Lipinski definition) is 1. The molecule has 1 saturated heterocycles. The molecule has 6 nitrogen and oxygen atoms in total. The first-order chi connectivity index (χ1) is 15.1. The third kappa shape index (κ3) is 5.17. The van der Waals surface area contributed by atoms with E-state index in [2.05, 4.69) is 15.3 Å². The summed E-state index contributed by atoms with van der Waals surface area (Å²) < 4.78 is 18.4. The predicted molar refractivity (Wildman–Crippen MR) is 117 cm³/mol. The SMILES string of the molecule is COc1cccc(CNC(=O)[C@H]2CCCN(c3ncc(-c4ccc(F)cc4)cn3)C2)c1. The van der Waals surface area contributed by atoms with Crippen molar-refractivity contribution >= 4 is 11.9 Å². The highest BCUT2D eigenvalue weighted by Crippen LogP contribution is 2.23. The van der Waals surface area contributed by atoms with Crippen LogP contribution in [0.5, 0.6) is 5.75 Å². The topological polar surface area (TPSA) is 67.3 Å². The molecule has 1 aliphatic rings. The van der Waals surface area contributed by atoms with E-state index >= 15 is 0 Å². The third-order valence-electron chi connectivity index (χ3n) is 5.49. The van der Waals surface area contributed by atoms with Crippen molar-refractivity contribution in [2.24, 2.45) is 5.92 Å². The number of methoxy groups -OCH3 is 1. The van der Waals surface area contributed by atoms with E-state index in [0.29, 0.717) is 19.0 Å². The fourth-order valence-electron chi connectivity index (χ4n) is 3.76. The van der Waals surface area contributed by atoms with E-state index in [1.807, 2.05) is 29.2 Å². The lowest BCUT2D eigenvalue weighted by Crippen LogP contribution is -2.43. The van der Waals surface area contributed by atoms with Crippen LogP contribution in [-0.4, -0.2) is 36.1 Å². The zero-order valence-electron chi connectivity index (χ0n) is 17.4. The fourth-order valence-corrected chi connectivity index (χ4v) is 3.76. The van der Waals surface area contributed by atoms with Gasteiger partial charge >= 0.3 is 0 Å². The van der Waals surface area contributed by atoms with Gasteiger partial charge in [-0.15, -0.1) is 0 Å². The largest absolute Gasteiger partial charge is 0.497 e. The summed E-state index contributed by atoms with van der Waals surface area (Å²) >= 11 is 0. The van der Waals surface area contributed by atoms with Crippen LogP contribution in [0.15, 0.2) is 60.9 Å². The van der Waals surface area contributed by atoms with E-state index in [0.717, 1.165) is 41.8 Å². The summed E-state index contributed by atoms with van der Waals surface area (Å²) in [4.78, 5) is 23.7. The first-order valence-corrected chi connectivity index (χ1v) is 10.4. The average Bonchev–Trinajstić information content (AvgIpc) is 2.83. The molecule has 1 N–H and O–H groups in total. The maximum Gasteiger partial charge on any atom is 0.225 e. The highest BCUT2D eigenvalue weighted by Gasteiger charge is 2.27. The van der Waals surface area contributed by atoms with Crippen LogP contribution in [0.25, 0.3) is 11.1 Å². The van der Waals surface area contributed by atoms with Gasteiger partial charge in [0.1, 0.15) is 11.6 Å². The summed E-state index contributed by atoms with van der Waals surface area (Å²) in [7, 11) is 1.63. The van der Waals surface area contributed by atoms with E-state index < -0.39 is 0 Å². The molecule has 0 spiro atoms. The number of halogens is 1. The molecule has 2 aromatic carbocycles. The molecule has 0 unspecified atom stereocenters. The number of amides is 1. The van der Waals surface area contributed by atoms with Crippen LogP contribution in [0.3, 0.4) is 0 Å². The number of nitrogens with one attached hydrogen (secondary N) is 1. The molecule has 1 amide bonds. The minimum Gasteiger partial charge on any atom is -0.497 e. The fraction of sp³-hybridized carbons (Fsp3) is 0.292. The maximum atomic E-state index is 13.1. The highest BCUT2D eigenvalue weighted by molar-refractivity contribution is 5.79. The van der Waals surface area contributed by atoms with Gasteiger partial charge in [-0.3, -0.25) is 4.79 Å². The normalized spacial score (nSPS) is 16.1. The summed E-state index contributed by atoms with van der Waals surface area (Å²) in [6, 6.07) is 13.9. The summed E-state index contributed by atoms with van der Waals surface area (Å²) in [6.45, 7) is 1.87.